The average Bonchev–Trinajstić information content (AvgIpc) is 2.93. The first-order chi connectivity index (χ1) is 19.5. The highest BCUT2D eigenvalue weighted by Gasteiger charge is 2.30. The van der Waals surface area contributed by atoms with Gasteiger partial charge in [-0.1, -0.05) is 84.2 Å². The van der Waals surface area contributed by atoms with Crippen LogP contribution in [0.2, 0.25) is 15.1 Å². The average molecular weight is 639 g/mol. The highest BCUT2D eigenvalue weighted by atomic mass is 35.5. The van der Waals surface area contributed by atoms with Gasteiger partial charge in [-0.15, -0.1) is 0 Å². The Hall–Kier alpha value is -2.78. The number of rotatable bonds is 14. The predicted octanol–water partition coefficient (Wildman–Crippen LogP) is 6.36. The number of sulfonamides is 1. The number of benzene rings is 3. The van der Waals surface area contributed by atoms with Crippen LogP contribution in [0.4, 0.5) is 5.69 Å². The molecule has 3 aromatic carbocycles. The molecule has 0 radical (unpaired) electrons. The SMILES string of the molecule is CCCNC(=O)[C@@H](Cc1ccccc1)N(Cc1ccc(Cl)c(Cl)c1)C(=O)CCCN(c1cccc(Cl)c1)S(C)(=O)=O. The van der Waals surface area contributed by atoms with E-state index in [4.69, 9.17) is 34.8 Å². The van der Waals surface area contributed by atoms with Crippen molar-refractivity contribution < 1.29 is 18.0 Å². The summed E-state index contributed by atoms with van der Waals surface area (Å²) in [5.41, 5.74) is 2.03. The Morgan fingerprint density at radius 1 is 0.902 bits per heavy atom. The van der Waals surface area contributed by atoms with E-state index in [0.717, 1.165) is 18.2 Å². The molecule has 1 atom stereocenters. The predicted molar refractivity (Wildman–Crippen MR) is 167 cm³/mol. The minimum Gasteiger partial charge on any atom is -0.354 e. The van der Waals surface area contributed by atoms with Gasteiger partial charge in [-0.2, -0.15) is 0 Å². The van der Waals surface area contributed by atoms with Crippen molar-refractivity contribution in [2.24, 2.45) is 0 Å². The molecule has 7 nitrogen and oxygen atoms in total. The molecule has 0 saturated carbocycles. The minimum atomic E-state index is -3.63. The van der Waals surface area contributed by atoms with Gasteiger partial charge in [-0.05, 0) is 54.3 Å². The van der Waals surface area contributed by atoms with Crippen molar-refractivity contribution in [3.05, 3.63) is 99.0 Å². The number of carbonyl (C=O) groups excluding carboxylic acids is 2. The van der Waals surface area contributed by atoms with E-state index in [-0.39, 0.29) is 37.7 Å². The van der Waals surface area contributed by atoms with E-state index < -0.39 is 16.1 Å². The fraction of sp³-hybridized carbons (Fsp3) is 0.333. The molecule has 0 aliphatic heterocycles. The van der Waals surface area contributed by atoms with Crippen LogP contribution in [0.5, 0.6) is 0 Å². The van der Waals surface area contributed by atoms with Gasteiger partial charge in [0.25, 0.3) is 0 Å². The summed E-state index contributed by atoms with van der Waals surface area (Å²) in [6.45, 7) is 2.62. The van der Waals surface area contributed by atoms with Crippen LogP contribution in [0.3, 0.4) is 0 Å². The summed E-state index contributed by atoms with van der Waals surface area (Å²) in [4.78, 5) is 28.8. The molecule has 0 fully saturated rings. The van der Waals surface area contributed by atoms with Crippen molar-refractivity contribution in [2.45, 2.75) is 45.2 Å². The van der Waals surface area contributed by atoms with E-state index in [9.17, 15) is 18.0 Å². The van der Waals surface area contributed by atoms with Gasteiger partial charge in [0.15, 0.2) is 0 Å². The van der Waals surface area contributed by atoms with E-state index in [0.29, 0.717) is 39.3 Å². The first kappa shape index (κ1) is 32.7. The summed E-state index contributed by atoms with van der Waals surface area (Å²) in [7, 11) is -3.63. The smallest absolute Gasteiger partial charge is 0.243 e. The van der Waals surface area contributed by atoms with Crippen molar-refractivity contribution in [1.82, 2.24) is 10.2 Å². The molecule has 0 heterocycles. The molecule has 0 aliphatic carbocycles. The zero-order valence-electron chi connectivity index (χ0n) is 23.0. The Labute approximate surface area is 257 Å². The van der Waals surface area contributed by atoms with Gasteiger partial charge >= 0.3 is 0 Å². The number of nitrogens with one attached hydrogen (secondary N) is 1. The highest BCUT2D eigenvalue weighted by Crippen LogP contribution is 2.26. The largest absolute Gasteiger partial charge is 0.354 e. The molecule has 1 N–H and O–H groups in total. The van der Waals surface area contributed by atoms with Gasteiger partial charge in [0, 0.05) is 37.5 Å². The van der Waals surface area contributed by atoms with Crippen molar-refractivity contribution in [3.63, 3.8) is 0 Å². The second-order valence-corrected chi connectivity index (χ2v) is 12.8. The zero-order chi connectivity index (χ0) is 30.0. The van der Waals surface area contributed by atoms with Crippen molar-refractivity contribution >= 4 is 62.3 Å². The van der Waals surface area contributed by atoms with Gasteiger partial charge in [0.05, 0.1) is 22.0 Å². The number of amides is 2. The van der Waals surface area contributed by atoms with Crippen LogP contribution >= 0.6 is 34.8 Å². The lowest BCUT2D eigenvalue weighted by atomic mass is 10.0. The van der Waals surface area contributed by atoms with Crippen molar-refractivity contribution in [2.75, 3.05) is 23.7 Å². The Morgan fingerprint density at radius 3 is 2.27 bits per heavy atom. The third-order valence-corrected chi connectivity index (χ3v) is 8.57. The summed E-state index contributed by atoms with van der Waals surface area (Å²) < 4.78 is 26.4. The summed E-state index contributed by atoms with van der Waals surface area (Å²) in [5.74, 6) is -0.552. The second-order valence-electron chi connectivity index (χ2n) is 9.69. The lowest BCUT2D eigenvalue weighted by Gasteiger charge is -2.32. The Kier molecular flexibility index (Phi) is 12.3. The lowest BCUT2D eigenvalue weighted by molar-refractivity contribution is -0.141. The molecular formula is C30H34Cl3N3O4S. The second kappa shape index (κ2) is 15.4. The number of hydrogen-bond acceptors (Lipinski definition) is 4. The molecule has 41 heavy (non-hydrogen) atoms. The number of halogens is 3. The molecule has 3 rings (SSSR count). The number of carbonyl (C=O) groups is 2. The molecule has 3 aromatic rings. The molecule has 0 unspecified atom stereocenters. The van der Waals surface area contributed by atoms with E-state index in [2.05, 4.69) is 5.32 Å². The fourth-order valence-corrected chi connectivity index (χ4v) is 5.85. The van der Waals surface area contributed by atoms with Crippen LogP contribution in [0, 0.1) is 0 Å². The van der Waals surface area contributed by atoms with Crippen LogP contribution < -0.4 is 9.62 Å². The standard InChI is InChI=1S/C30H34Cl3N3O4S/c1-3-16-34-30(38)28(19-22-9-5-4-6-10-22)35(21-23-14-15-26(32)27(33)18-23)29(37)13-8-17-36(41(2,39)40)25-12-7-11-24(31)20-25/h4-7,9-12,14-15,18,20,28H,3,8,13,16-17,19,21H2,1-2H3,(H,34,38)/t28-/m1/s1. The Bertz CT molecular complexity index is 1440. The zero-order valence-corrected chi connectivity index (χ0v) is 26.1. The van der Waals surface area contributed by atoms with Gasteiger partial charge in [0.2, 0.25) is 21.8 Å². The number of hydrogen-bond donors (Lipinski definition) is 1. The lowest BCUT2D eigenvalue weighted by Crippen LogP contribution is -2.50. The topological polar surface area (TPSA) is 86.8 Å². The quantitative estimate of drug-likeness (QED) is 0.223. The molecule has 0 aliphatic rings. The first-order valence-electron chi connectivity index (χ1n) is 13.3. The van der Waals surface area contributed by atoms with Crippen molar-refractivity contribution in [3.8, 4) is 0 Å². The Balaban J connectivity index is 1.89. The van der Waals surface area contributed by atoms with Crippen LogP contribution in [-0.2, 0) is 32.6 Å². The van der Waals surface area contributed by atoms with E-state index in [1.165, 1.54) is 4.31 Å². The van der Waals surface area contributed by atoms with Gasteiger partial charge in [-0.3, -0.25) is 13.9 Å². The summed E-state index contributed by atoms with van der Waals surface area (Å²) in [5, 5.41) is 4.07. The van der Waals surface area contributed by atoms with Gasteiger partial charge in [0.1, 0.15) is 6.04 Å². The summed E-state index contributed by atoms with van der Waals surface area (Å²) >= 11 is 18.5. The maximum Gasteiger partial charge on any atom is 0.243 e. The third-order valence-electron chi connectivity index (χ3n) is 6.41. The monoisotopic (exact) mass is 637 g/mol. The first-order valence-corrected chi connectivity index (χ1v) is 16.3. The van der Waals surface area contributed by atoms with Crippen molar-refractivity contribution in [1.29, 1.82) is 0 Å². The molecule has 0 bridgehead atoms. The molecule has 0 aromatic heterocycles. The summed E-state index contributed by atoms with van der Waals surface area (Å²) in [6.07, 6.45) is 2.40. The van der Waals surface area contributed by atoms with Gasteiger partial charge < -0.3 is 10.2 Å². The molecule has 0 spiro atoms. The number of nitrogens with zero attached hydrogens (tertiary/aromatic N) is 2. The highest BCUT2D eigenvalue weighted by molar-refractivity contribution is 7.92. The molecule has 2 amide bonds. The molecule has 0 saturated heterocycles. The Morgan fingerprint density at radius 2 is 1.63 bits per heavy atom. The molecule has 11 heteroatoms. The summed E-state index contributed by atoms with van der Waals surface area (Å²) in [6, 6.07) is 20.3. The van der Waals surface area contributed by atoms with Crippen LogP contribution in [0.15, 0.2) is 72.8 Å². The van der Waals surface area contributed by atoms with Crippen LogP contribution in [-0.4, -0.2) is 50.5 Å². The van der Waals surface area contributed by atoms with E-state index >= 15 is 0 Å². The maximum atomic E-state index is 13.8. The fourth-order valence-electron chi connectivity index (χ4n) is 4.39. The normalized spacial score (nSPS) is 12.0. The van der Waals surface area contributed by atoms with E-state index in [1.54, 1.807) is 47.4 Å². The molecular weight excluding hydrogens is 605 g/mol. The maximum absolute atomic E-state index is 13.8. The van der Waals surface area contributed by atoms with E-state index in [1.807, 2.05) is 37.3 Å². The molecule has 220 valence electrons. The minimum absolute atomic E-state index is 0.0141. The van der Waals surface area contributed by atoms with Crippen LogP contribution in [0.25, 0.3) is 0 Å². The number of anilines is 1. The third kappa shape index (κ3) is 9.92. The van der Waals surface area contributed by atoms with Crippen LogP contribution in [0.1, 0.15) is 37.3 Å². The van der Waals surface area contributed by atoms with Gasteiger partial charge in [-0.25, -0.2) is 8.42 Å².